The second-order valence-electron chi connectivity index (χ2n) is 7.22. The fourth-order valence-electron chi connectivity index (χ4n) is 3.46. The molecular formula is C22H24N2O5. The lowest BCUT2D eigenvalue weighted by atomic mass is 10.1. The zero-order valence-corrected chi connectivity index (χ0v) is 16.5. The standard InChI is InChI=1S/C22H24N2O5/c1-23(12-15-3-7-17(8-4-15)22(27)28)21(26)18-11-20(25)24(14-18)13-16-5-9-19(29-2)10-6-16/h3-10,18H,11-14H2,1-2H3,(H,27,28). The molecule has 1 saturated heterocycles. The number of amides is 2. The van der Waals surface area contributed by atoms with Crippen LogP contribution in [0.2, 0.25) is 0 Å². The van der Waals surface area contributed by atoms with E-state index >= 15 is 0 Å². The fraction of sp³-hybridized carbons (Fsp3) is 0.318. The van der Waals surface area contributed by atoms with Gasteiger partial charge >= 0.3 is 5.97 Å². The van der Waals surface area contributed by atoms with Crippen LogP contribution in [0, 0.1) is 5.92 Å². The van der Waals surface area contributed by atoms with Crippen LogP contribution in [0.3, 0.4) is 0 Å². The van der Waals surface area contributed by atoms with Crippen molar-refractivity contribution in [3.8, 4) is 5.75 Å². The number of carboxylic acids is 1. The van der Waals surface area contributed by atoms with Crippen molar-refractivity contribution in [3.63, 3.8) is 0 Å². The first-order valence-electron chi connectivity index (χ1n) is 9.35. The Morgan fingerprint density at radius 1 is 1.10 bits per heavy atom. The topological polar surface area (TPSA) is 87.2 Å². The van der Waals surface area contributed by atoms with Crippen LogP contribution in [-0.4, -0.2) is 53.4 Å². The molecule has 1 N–H and O–H groups in total. The summed E-state index contributed by atoms with van der Waals surface area (Å²) in [5.41, 5.74) is 2.03. The average Bonchev–Trinajstić information content (AvgIpc) is 3.08. The number of carbonyl (C=O) groups is 3. The van der Waals surface area contributed by atoms with Gasteiger partial charge in [-0.15, -0.1) is 0 Å². The summed E-state index contributed by atoms with van der Waals surface area (Å²) in [5, 5.41) is 8.96. The molecule has 1 aliphatic heterocycles. The van der Waals surface area contributed by atoms with Crippen molar-refractivity contribution < 1.29 is 24.2 Å². The Kier molecular flexibility index (Phi) is 6.16. The van der Waals surface area contributed by atoms with Crippen LogP contribution in [0.4, 0.5) is 0 Å². The van der Waals surface area contributed by atoms with E-state index < -0.39 is 5.97 Å². The van der Waals surface area contributed by atoms with Crippen LogP contribution in [0.5, 0.6) is 5.75 Å². The number of methoxy groups -OCH3 is 1. The molecule has 0 aromatic heterocycles. The molecule has 152 valence electrons. The summed E-state index contributed by atoms with van der Waals surface area (Å²) in [6.45, 7) is 1.22. The van der Waals surface area contributed by atoms with Gasteiger partial charge in [0.25, 0.3) is 0 Å². The molecule has 29 heavy (non-hydrogen) atoms. The molecule has 0 bridgehead atoms. The zero-order valence-electron chi connectivity index (χ0n) is 16.5. The molecule has 0 spiro atoms. The molecule has 1 heterocycles. The summed E-state index contributed by atoms with van der Waals surface area (Å²) in [5.74, 6) is -0.713. The number of likely N-dealkylation sites (tertiary alicyclic amines) is 1. The second-order valence-corrected chi connectivity index (χ2v) is 7.22. The Bertz CT molecular complexity index is 892. The first kappa shape index (κ1) is 20.4. The van der Waals surface area contributed by atoms with Crippen molar-refractivity contribution in [3.05, 3.63) is 65.2 Å². The highest BCUT2D eigenvalue weighted by atomic mass is 16.5. The minimum Gasteiger partial charge on any atom is -0.497 e. The van der Waals surface area contributed by atoms with E-state index in [4.69, 9.17) is 9.84 Å². The lowest BCUT2D eigenvalue weighted by Gasteiger charge is -2.22. The van der Waals surface area contributed by atoms with Gasteiger partial charge in [-0.1, -0.05) is 24.3 Å². The van der Waals surface area contributed by atoms with Crippen molar-refractivity contribution in [2.24, 2.45) is 5.92 Å². The highest BCUT2D eigenvalue weighted by Crippen LogP contribution is 2.23. The van der Waals surface area contributed by atoms with Gasteiger partial charge in [-0.25, -0.2) is 4.79 Å². The van der Waals surface area contributed by atoms with Crippen molar-refractivity contribution in [1.82, 2.24) is 9.80 Å². The van der Waals surface area contributed by atoms with Gasteiger partial charge in [0, 0.05) is 33.1 Å². The van der Waals surface area contributed by atoms with Gasteiger partial charge in [-0.3, -0.25) is 9.59 Å². The maximum atomic E-state index is 12.8. The maximum absolute atomic E-state index is 12.8. The third kappa shape index (κ3) is 4.93. The van der Waals surface area contributed by atoms with E-state index in [9.17, 15) is 14.4 Å². The van der Waals surface area contributed by atoms with Crippen molar-refractivity contribution in [2.75, 3.05) is 20.7 Å². The number of nitrogens with zero attached hydrogens (tertiary/aromatic N) is 2. The van der Waals surface area contributed by atoms with E-state index in [2.05, 4.69) is 0 Å². The molecule has 1 aliphatic rings. The fourth-order valence-corrected chi connectivity index (χ4v) is 3.46. The highest BCUT2D eigenvalue weighted by Gasteiger charge is 2.35. The summed E-state index contributed by atoms with van der Waals surface area (Å²) >= 11 is 0. The third-order valence-corrected chi connectivity index (χ3v) is 5.09. The molecular weight excluding hydrogens is 372 g/mol. The molecule has 0 aliphatic carbocycles. The van der Waals surface area contributed by atoms with Crippen LogP contribution in [0.15, 0.2) is 48.5 Å². The Morgan fingerprint density at radius 3 is 2.31 bits per heavy atom. The molecule has 2 aromatic rings. The molecule has 2 aromatic carbocycles. The summed E-state index contributed by atoms with van der Waals surface area (Å²) in [7, 11) is 3.30. The number of rotatable bonds is 7. The van der Waals surface area contributed by atoms with Crippen LogP contribution in [0.1, 0.15) is 27.9 Å². The van der Waals surface area contributed by atoms with Crippen LogP contribution in [-0.2, 0) is 22.7 Å². The zero-order chi connectivity index (χ0) is 21.0. The lowest BCUT2D eigenvalue weighted by Crippen LogP contribution is -2.34. The number of ether oxygens (including phenoxy) is 1. The van der Waals surface area contributed by atoms with E-state index in [1.54, 1.807) is 36.1 Å². The first-order valence-corrected chi connectivity index (χ1v) is 9.35. The number of carbonyl (C=O) groups excluding carboxylic acids is 2. The van der Waals surface area contributed by atoms with Gasteiger partial charge < -0.3 is 19.6 Å². The average molecular weight is 396 g/mol. The van der Waals surface area contributed by atoms with Gasteiger partial charge in [0.05, 0.1) is 18.6 Å². The molecule has 1 unspecified atom stereocenters. The number of hydrogen-bond donors (Lipinski definition) is 1. The smallest absolute Gasteiger partial charge is 0.335 e. The molecule has 1 atom stereocenters. The SMILES string of the molecule is COc1ccc(CN2CC(C(=O)N(C)Cc3ccc(C(=O)O)cc3)CC2=O)cc1. The molecule has 1 fully saturated rings. The van der Waals surface area contributed by atoms with E-state index in [1.807, 2.05) is 24.3 Å². The third-order valence-electron chi connectivity index (χ3n) is 5.09. The predicted octanol–water partition coefficient (Wildman–Crippen LogP) is 2.40. The molecule has 2 amide bonds. The predicted molar refractivity (Wildman–Crippen MR) is 106 cm³/mol. The Hall–Kier alpha value is -3.35. The van der Waals surface area contributed by atoms with E-state index in [0.717, 1.165) is 16.9 Å². The van der Waals surface area contributed by atoms with Crippen molar-refractivity contribution in [1.29, 1.82) is 0 Å². The monoisotopic (exact) mass is 396 g/mol. The lowest BCUT2D eigenvalue weighted by molar-refractivity contribution is -0.135. The van der Waals surface area contributed by atoms with Gasteiger partial charge in [0.2, 0.25) is 11.8 Å². The largest absolute Gasteiger partial charge is 0.497 e. The number of hydrogen-bond acceptors (Lipinski definition) is 4. The first-order chi connectivity index (χ1) is 13.9. The quantitative estimate of drug-likeness (QED) is 0.777. The van der Waals surface area contributed by atoms with Crippen molar-refractivity contribution >= 4 is 17.8 Å². The highest BCUT2D eigenvalue weighted by molar-refractivity contribution is 5.89. The molecule has 0 saturated carbocycles. The summed E-state index contributed by atoms with van der Waals surface area (Å²) < 4.78 is 5.14. The van der Waals surface area contributed by atoms with E-state index in [1.165, 1.54) is 12.1 Å². The molecule has 3 rings (SSSR count). The summed E-state index contributed by atoms with van der Waals surface area (Å²) in [6, 6.07) is 14.0. The summed E-state index contributed by atoms with van der Waals surface area (Å²) in [4.78, 5) is 39.4. The Labute approximate surface area is 169 Å². The minimum atomic E-state index is -0.984. The maximum Gasteiger partial charge on any atom is 0.335 e. The van der Waals surface area contributed by atoms with Gasteiger partial charge in [-0.2, -0.15) is 0 Å². The Morgan fingerprint density at radius 2 is 1.72 bits per heavy atom. The molecule has 7 heteroatoms. The van der Waals surface area contributed by atoms with E-state index in [-0.39, 0.29) is 29.7 Å². The molecule has 7 nitrogen and oxygen atoms in total. The van der Waals surface area contributed by atoms with Crippen LogP contribution < -0.4 is 4.74 Å². The number of aromatic carboxylic acids is 1. The van der Waals surface area contributed by atoms with Crippen molar-refractivity contribution in [2.45, 2.75) is 19.5 Å². The number of carboxylic acid groups (broad SMARTS) is 1. The summed E-state index contributed by atoms with van der Waals surface area (Å²) in [6.07, 6.45) is 0.206. The Balaban J connectivity index is 1.57. The normalized spacial score (nSPS) is 16.0. The second kappa shape index (κ2) is 8.77. The van der Waals surface area contributed by atoms with Gasteiger partial charge in [0.15, 0.2) is 0 Å². The van der Waals surface area contributed by atoms with Gasteiger partial charge in [0.1, 0.15) is 5.75 Å². The van der Waals surface area contributed by atoms with E-state index in [0.29, 0.717) is 19.6 Å². The minimum absolute atomic E-state index is 0.0293. The van der Waals surface area contributed by atoms with Gasteiger partial charge in [-0.05, 0) is 35.4 Å². The number of benzene rings is 2. The molecule has 0 radical (unpaired) electrons. The van der Waals surface area contributed by atoms with Crippen LogP contribution in [0.25, 0.3) is 0 Å². The van der Waals surface area contributed by atoms with Crippen LogP contribution >= 0.6 is 0 Å².